The number of pyridine rings is 1. The Labute approximate surface area is 99.4 Å². The van der Waals surface area contributed by atoms with E-state index in [1.54, 1.807) is 6.20 Å². The van der Waals surface area contributed by atoms with Gasteiger partial charge in [-0.3, -0.25) is 9.78 Å². The molecule has 0 saturated heterocycles. The summed E-state index contributed by atoms with van der Waals surface area (Å²) < 4.78 is 5.62. The van der Waals surface area contributed by atoms with Crippen LogP contribution in [0.1, 0.15) is 13.3 Å². The fraction of sp³-hybridized carbons (Fsp3) is 0.231. The highest BCUT2D eigenvalue weighted by Crippen LogP contribution is 2.24. The lowest BCUT2D eigenvalue weighted by Crippen LogP contribution is -2.33. The molecular formula is C13H14N2O2. The van der Waals surface area contributed by atoms with E-state index in [4.69, 9.17) is 10.5 Å². The molecule has 0 aliphatic heterocycles. The molecule has 2 rings (SSSR count). The van der Waals surface area contributed by atoms with Gasteiger partial charge in [0, 0.05) is 11.6 Å². The first-order valence-corrected chi connectivity index (χ1v) is 5.52. The molecule has 2 N–H and O–H groups in total. The van der Waals surface area contributed by atoms with E-state index < -0.39 is 12.0 Å². The Morgan fingerprint density at radius 2 is 2.24 bits per heavy atom. The van der Waals surface area contributed by atoms with Crippen molar-refractivity contribution >= 4 is 16.8 Å². The number of aromatic nitrogens is 1. The Balaban J connectivity index is 2.38. The summed E-state index contributed by atoms with van der Waals surface area (Å²) in [4.78, 5) is 15.4. The number of carbonyl (C=O) groups is 1. The standard InChI is InChI=1S/C13H14N2O2/c1-2-11(13(14)16)17-12-7-3-6-10-9(12)5-4-8-15-10/h3-8,11H,2H2,1H3,(H2,14,16). The zero-order valence-corrected chi connectivity index (χ0v) is 9.59. The van der Waals surface area contributed by atoms with Crippen molar-refractivity contribution in [3.8, 4) is 5.75 Å². The highest BCUT2D eigenvalue weighted by molar-refractivity contribution is 5.86. The molecule has 1 heterocycles. The van der Waals surface area contributed by atoms with E-state index in [0.29, 0.717) is 12.2 Å². The first kappa shape index (κ1) is 11.4. The lowest BCUT2D eigenvalue weighted by Gasteiger charge is -2.15. The lowest BCUT2D eigenvalue weighted by atomic mass is 10.2. The molecule has 0 spiro atoms. The van der Waals surface area contributed by atoms with Crippen LogP contribution in [0.2, 0.25) is 0 Å². The summed E-state index contributed by atoms with van der Waals surface area (Å²) >= 11 is 0. The van der Waals surface area contributed by atoms with Crippen LogP contribution in [0.5, 0.6) is 5.75 Å². The minimum absolute atomic E-state index is 0.451. The predicted octanol–water partition coefficient (Wildman–Crippen LogP) is 1.88. The van der Waals surface area contributed by atoms with Gasteiger partial charge in [0.1, 0.15) is 5.75 Å². The molecule has 1 atom stereocenters. The maximum atomic E-state index is 11.2. The van der Waals surface area contributed by atoms with Crippen LogP contribution in [0.3, 0.4) is 0 Å². The monoisotopic (exact) mass is 230 g/mol. The quantitative estimate of drug-likeness (QED) is 0.872. The second kappa shape index (κ2) is 4.82. The zero-order valence-electron chi connectivity index (χ0n) is 9.59. The highest BCUT2D eigenvalue weighted by Gasteiger charge is 2.15. The molecule has 17 heavy (non-hydrogen) atoms. The second-order valence-electron chi connectivity index (χ2n) is 3.74. The summed E-state index contributed by atoms with van der Waals surface area (Å²) in [5, 5.41) is 0.884. The third-order valence-corrected chi connectivity index (χ3v) is 2.56. The number of amides is 1. The van der Waals surface area contributed by atoms with Gasteiger partial charge in [-0.05, 0) is 30.7 Å². The first-order valence-electron chi connectivity index (χ1n) is 5.52. The smallest absolute Gasteiger partial charge is 0.258 e. The van der Waals surface area contributed by atoms with Crippen molar-refractivity contribution in [2.75, 3.05) is 0 Å². The molecule has 1 aromatic carbocycles. The van der Waals surface area contributed by atoms with Crippen LogP contribution in [0, 0.1) is 0 Å². The fourth-order valence-corrected chi connectivity index (χ4v) is 1.67. The van der Waals surface area contributed by atoms with Gasteiger partial charge in [-0.1, -0.05) is 13.0 Å². The Bertz CT molecular complexity index is 534. The van der Waals surface area contributed by atoms with E-state index in [1.807, 2.05) is 37.3 Å². The molecule has 0 aliphatic carbocycles. The summed E-state index contributed by atoms with van der Waals surface area (Å²) in [5.74, 6) is 0.189. The number of nitrogens with zero attached hydrogens (tertiary/aromatic N) is 1. The van der Waals surface area contributed by atoms with Crippen molar-refractivity contribution in [1.82, 2.24) is 4.98 Å². The van der Waals surface area contributed by atoms with Gasteiger partial charge in [-0.2, -0.15) is 0 Å². The van der Waals surface area contributed by atoms with E-state index in [0.717, 1.165) is 10.9 Å². The molecule has 0 bridgehead atoms. The van der Waals surface area contributed by atoms with Crippen molar-refractivity contribution in [3.63, 3.8) is 0 Å². The van der Waals surface area contributed by atoms with Crippen LogP contribution in [0.15, 0.2) is 36.5 Å². The van der Waals surface area contributed by atoms with Crippen LogP contribution in [-0.4, -0.2) is 17.0 Å². The minimum atomic E-state index is -0.596. The largest absolute Gasteiger partial charge is 0.480 e. The molecule has 4 heteroatoms. The third-order valence-electron chi connectivity index (χ3n) is 2.56. The molecule has 2 aromatic rings. The molecule has 0 aliphatic rings. The minimum Gasteiger partial charge on any atom is -0.480 e. The Hall–Kier alpha value is -2.10. The van der Waals surface area contributed by atoms with Gasteiger partial charge >= 0.3 is 0 Å². The van der Waals surface area contributed by atoms with E-state index in [9.17, 15) is 4.79 Å². The van der Waals surface area contributed by atoms with Gasteiger partial charge < -0.3 is 10.5 Å². The zero-order chi connectivity index (χ0) is 12.3. The molecule has 1 unspecified atom stereocenters. The predicted molar refractivity (Wildman–Crippen MR) is 65.6 cm³/mol. The fourth-order valence-electron chi connectivity index (χ4n) is 1.67. The van der Waals surface area contributed by atoms with Gasteiger partial charge in [0.25, 0.3) is 5.91 Å². The molecule has 4 nitrogen and oxygen atoms in total. The van der Waals surface area contributed by atoms with Crippen LogP contribution >= 0.6 is 0 Å². The highest BCUT2D eigenvalue weighted by atomic mass is 16.5. The topological polar surface area (TPSA) is 65.2 Å². The third kappa shape index (κ3) is 2.36. The number of hydrogen-bond acceptors (Lipinski definition) is 3. The van der Waals surface area contributed by atoms with Gasteiger partial charge in [0.2, 0.25) is 0 Å². The van der Waals surface area contributed by atoms with Crippen molar-refractivity contribution < 1.29 is 9.53 Å². The van der Waals surface area contributed by atoms with Crippen molar-refractivity contribution in [3.05, 3.63) is 36.5 Å². The van der Waals surface area contributed by atoms with Gasteiger partial charge in [0.05, 0.1) is 5.52 Å². The van der Waals surface area contributed by atoms with E-state index >= 15 is 0 Å². The number of ether oxygens (including phenoxy) is 1. The molecule has 88 valence electrons. The maximum Gasteiger partial charge on any atom is 0.258 e. The first-order chi connectivity index (χ1) is 8.22. The maximum absolute atomic E-state index is 11.2. The number of carbonyl (C=O) groups excluding carboxylic acids is 1. The Morgan fingerprint density at radius 3 is 2.94 bits per heavy atom. The van der Waals surface area contributed by atoms with Crippen LogP contribution in [0.25, 0.3) is 10.9 Å². The summed E-state index contributed by atoms with van der Waals surface area (Å²) in [7, 11) is 0. The second-order valence-corrected chi connectivity index (χ2v) is 3.74. The van der Waals surface area contributed by atoms with Gasteiger partial charge in [-0.25, -0.2) is 0 Å². The summed E-state index contributed by atoms with van der Waals surface area (Å²) in [6.07, 6.45) is 1.67. The summed E-state index contributed by atoms with van der Waals surface area (Å²) in [6.45, 7) is 1.86. The van der Waals surface area contributed by atoms with Crippen molar-refractivity contribution in [2.24, 2.45) is 5.73 Å². The molecule has 0 saturated carbocycles. The van der Waals surface area contributed by atoms with Gasteiger partial charge in [-0.15, -0.1) is 0 Å². The molecule has 0 fully saturated rings. The number of benzene rings is 1. The van der Waals surface area contributed by atoms with E-state index in [2.05, 4.69) is 4.98 Å². The van der Waals surface area contributed by atoms with E-state index in [-0.39, 0.29) is 0 Å². The molecule has 0 radical (unpaired) electrons. The number of nitrogens with two attached hydrogens (primary N) is 1. The average molecular weight is 230 g/mol. The number of primary amides is 1. The average Bonchev–Trinajstić information content (AvgIpc) is 2.35. The van der Waals surface area contributed by atoms with Crippen LogP contribution < -0.4 is 10.5 Å². The number of hydrogen-bond donors (Lipinski definition) is 1. The Morgan fingerprint density at radius 1 is 1.41 bits per heavy atom. The van der Waals surface area contributed by atoms with Crippen molar-refractivity contribution in [1.29, 1.82) is 0 Å². The van der Waals surface area contributed by atoms with Crippen LogP contribution in [0.4, 0.5) is 0 Å². The van der Waals surface area contributed by atoms with E-state index in [1.165, 1.54) is 0 Å². The normalized spacial score (nSPS) is 12.3. The summed E-state index contributed by atoms with van der Waals surface area (Å²) in [5.41, 5.74) is 6.10. The number of fused-ring (bicyclic) bond motifs is 1. The lowest BCUT2D eigenvalue weighted by molar-refractivity contribution is -0.124. The Kier molecular flexibility index (Phi) is 3.23. The molecule has 1 aromatic heterocycles. The SMILES string of the molecule is CCC(Oc1cccc2ncccc12)C(N)=O. The number of rotatable bonds is 4. The van der Waals surface area contributed by atoms with Gasteiger partial charge in [0.15, 0.2) is 6.10 Å². The molecular weight excluding hydrogens is 216 g/mol. The van der Waals surface area contributed by atoms with Crippen molar-refractivity contribution in [2.45, 2.75) is 19.4 Å². The summed E-state index contributed by atoms with van der Waals surface area (Å²) in [6, 6.07) is 9.30. The molecule has 1 amide bonds. The van der Waals surface area contributed by atoms with Crippen LogP contribution in [-0.2, 0) is 4.79 Å².